The van der Waals surface area contributed by atoms with Crippen LogP contribution in [0.2, 0.25) is 0 Å². The third-order valence-corrected chi connectivity index (χ3v) is 3.29. The van der Waals surface area contributed by atoms with Gasteiger partial charge in [-0.1, -0.05) is 6.07 Å². The van der Waals surface area contributed by atoms with Crippen molar-refractivity contribution in [1.29, 1.82) is 0 Å². The Labute approximate surface area is 130 Å². The summed E-state index contributed by atoms with van der Waals surface area (Å²) in [5.74, 6) is 0.0605. The molecule has 0 aliphatic heterocycles. The minimum absolute atomic E-state index is 0.0303. The Balaban J connectivity index is 1.93. The fourth-order valence-electron chi connectivity index (χ4n) is 2.12. The number of non-ortho nitro benzene ring substituents is 1. The van der Waals surface area contributed by atoms with Gasteiger partial charge in [-0.2, -0.15) is 5.11 Å². The molecule has 0 unspecified atom stereocenters. The molecule has 0 atom stereocenters. The van der Waals surface area contributed by atoms with Crippen LogP contribution in [0.4, 0.5) is 17.1 Å². The number of azo groups is 1. The first-order valence-electron chi connectivity index (χ1n) is 6.65. The number of nitro groups is 1. The van der Waals surface area contributed by atoms with Crippen molar-refractivity contribution in [2.75, 3.05) is 0 Å². The summed E-state index contributed by atoms with van der Waals surface area (Å²) in [6, 6.07) is 13.5. The normalized spacial score (nSPS) is 11.1. The standard InChI is InChI=1S/C16H11N3O4/c20-13-6-7-14-10(9-13)1-8-15(16(14)21)18-17-11-2-4-12(5-3-11)19(22)23/h1-9,20-21H. The number of nitro benzene ring substituents is 1. The second-order valence-electron chi connectivity index (χ2n) is 4.81. The molecule has 7 heteroatoms. The molecular formula is C16H11N3O4. The van der Waals surface area contributed by atoms with Crippen molar-refractivity contribution in [3.05, 3.63) is 64.7 Å². The van der Waals surface area contributed by atoms with E-state index in [0.717, 1.165) is 0 Å². The van der Waals surface area contributed by atoms with Crippen molar-refractivity contribution in [3.8, 4) is 11.5 Å². The topological polar surface area (TPSA) is 108 Å². The molecule has 0 aliphatic rings. The molecule has 0 aliphatic carbocycles. The number of nitrogens with zero attached hydrogens (tertiary/aromatic N) is 3. The van der Waals surface area contributed by atoms with Gasteiger partial charge in [0.1, 0.15) is 11.4 Å². The summed E-state index contributed by atoms with van der Waals surface area (Å²) in [7, 11) is 0. The zero-order valence-electron chi connectivity index (χ0n) is 11.7. The number of rotatable bonds is 3. The SMILES string of the molecule is O=[N+]([O-])c1ccc(N=Nc2ccc3cc(O)ccc3c2O)cc1. The molecule has 0 bridgehead atoms. The minimum Gasteiger partial charge on any atom is -0.508 e. The molecule has 0 saturated carbocycles. The second-order valence-corrected chi connectivity index (χ2v) is 4.81. The number of hydrogen-bond acceptors (Lipinski definition) is 6. The number of hydrogen-bond donors (Lipinski definition) is 2. The summed E-state index contributed by atoms with van der Waals surface area (Å²) in [4.78, 5) is 10.1. The summed E-state index contributed by atoms with van der Waals surface area (Å²) in [6.45, 7) is 0. The highest BCUT2D eigenvalue weighted by atomic mass is 16.6. The van der Waals surface area contributed by atoms with E-state index in [2.05, 4.69) is 10.2 Å². The average Bonchev–Trinajstić information content (AvgIpc) is 2.54. The smallest absolute Gasteiger partial charge is 0.269 e. The van der Waals surface area contributed by atoms with Gasteiger partial charge in [0.05, 0.1) is 10.6 Å². The molecule has 0 amide bonds. The van der Waals surface area contributed by atoms with Crippen molar-refractivity contribution in [2.45, 2.75) is 0 Å². The fourth-order valence-corrected chi connectivity index (χ4v) is 2.12. The van der Waals surface area contributed by atoms with E-state index in [1.54, 1.807) is 18.2 Å². The Hall–Kier alpha value is -3.48. The monoisotopic (exact) mass is 309 g/mol. The van der Waals surface area contributed by atoms with E-state index in [4.69, 9.17) is 0 Å². The van der Waals surface area contributed by atoms with Crippen LogP contribution in [0.3, 0.4) is 0 Å². The highest BCUT2D eigenvalue weighted by Gasteiger charge is 2.07. The van der Waals surface area contributed by atoms with E-state index in [1.165, 1.54) is 36.4 Å². The Morgan fingerprint density at radius 1 is 0.913 bits per heavy atom. The molecule has 0 aromatic heterocycles. The fraction of sp³-hybridized carbons (Fsp3) is 0. The lowest BCUT2D eigenvalue weighted by Crippen LogP contribution is -1.85. The van der Waals surface area contributed by atoms with Gasteiger partial charge in [0.2, 0.25) is 0 Å². The average molecular weight is 309 g/mol. The number of phenolic OH excluding ortho intramolecular Hbond substituents is 2. The van der Waals surface area contributed by atoms with Gasteiger partial charge in [0, 0.05) is 17.5 Å². The van der Waals surface area contributed by atoms with Gasteiger partial charge in [-0.3, -0.25) is 10.1 Å². The molecule has 3 rings (SSSR count). The largest absolute Gasteiger partial charge is 0.508 e. The van der Waals surface area contributed by atoms with Crippen molar-refractivity contribution in [1.82, 2.24) is 0 Å². The van der Waals surface area contributed by atoms with Gasteiger partial charge in [-0.25, -0.2) is 0 Å². The van der Waals surface area contributed by atoms with Crippen LogP contribution in [0.5, 0.6) is 11.5 Å². The minimum atomic E-state index is -0.495. The maximum absolute atomic E-state index is 10.6. The van der Waals surface area contributed by atoms with E-state index in [9.17, 15) is 20.3 Å². The summed E-state index contributed by atoms with van der Waals surface area (Å²) in [5, 5.41) is 39.4. The number of phenols is 2. The number of fused-ring (bicyclic) bond motifs is 1. The Morgan fingerprint density at radius 3 is 2.35 bits per heavy atom. The van der Waals surface area contributed by atoms with Gasteiger partial charge < -0.3 is 10.2 Å². The maximum Gasteiger partial charge on any atom is 0.269 e. The van der Waals surface area contributed by atoms with Gasteiger partial charge >= 0.3 is 0 Å². The zero-order valence-corrected chi connectivity index (χ0v) is 11.7. The third kappa shape index (κ3) is 2.93. The van der Waals surface area contributed by atoms with E-state index in [-0.39, 0.29) is 22.9 Å². The number of aromatic hydroxyl groups is 2. The molecule has 0 spiro atoms. The molecule has 0 radical (unpaired) electrons. The molecule has 0 heterocycles. The molecular weight excluding hydrogens is 298 g/mol. The van der Waals surface area contributed by atoms with Crippen molar-refractivity contribution in [2.24, 2.45) is 10.2 Å². The van der Waals surface area contributed by atoms with Gasteiger partial charge in [0.25, 0.3) is 5.69 Å². The van der Waals surface area contributed by atoms with Crippen LogP contribution >= 0.6 is 0 Å². The van der Waals surface area contributed by atoms with Crippen molar-refractivity contribution in [3.63, 3.8) is 0 Å². The van der Waals surface area contributed by atoms with Crippen molar-refractivity contribution >= 4 is 27.8 Å². The second kappa shape index (κ2) is 5.72. The quantitative estimate of drug-likeness (QED) is 0.419. The van der Waals surface area contributed by atoms with E-state index in [1.807, 2.05) is 0 Å². The highest BCUT2D eigenvalue weighted by Crippen LogP contribution is 2.36. The van der Waals surface area contributed by atoms with Crippen LogP contribution in [0.25, 0.3) is 10.8 Å². The lowest BCUT2D eigenvalue weighted by atomic mass is 10.1. The highest BCUT2D eigenvalue weighted by molar-refractivity contribution is 5.93. The van der Waals surface area contributed by atoms with Crippen LogP contribution in [0.15, 0.2) is 64.8 Å². The van der Waals surface area contributed by atoms with Gasteiger partial charge in [0.15, 0.2) is 5.75 Å². The molecule has 7 nitrogen and oxygen atoms in total. The third-order valence-electron chi connectivity index (χ3n) is 3.29. The summed E-state index contributed by atoms with van der Waals surface area (Å²) in [6.07, 6.45) is 0. The first-order chi connectivity index (χ1) is 11.0. The van der Waals surface area contributed by atoms with Crippen molar-refractivity contribution < 1.29 is 15.1 Å². The van der Waals surface area contributed by atoms with E-state index in [0.29, 0.717) is 16.5 Å². The van der Waals surface area contributed by atoms with Gasteiger partial charge in [-0.15, -0.1) is 5.11 Å². The predicted molar refractivity (Wildman–Crippen MR) is 84.6 cm³/mol. The van der Waals surface area contributed by atoms with E-state index < -0.39 is 4.92 Å². The summed E-state index contributed by atoms with van der Waals surface area (Å²) >= 11 is 0. The molecule has 114 valence electrons. The molecule has 0 saturated heterocycles. The molecule has 0 fully saturated rings. The predicted octanol–water partition coefficient (Wildman–Crippen LogP) is 4.57. The van der Waals surface area contributed by atoms with Crippen LogP contribution in [-0.4, -0.2) is 15.1 Å². The Morgan fingerprint density at radius 2 is 1.65 bits per heavy atom. The first-order valence-corrected chi connectivity index (χ1v) is 6.65. The Bertz CT molecular complexity index is 921. The molecule has 2 N–H and O–H groups in total. The molecule has 23 heavy (non-hydrogen) atoms. The lowest BCUT2D eigenvalue weighted by molar-refractivity contribution is -0.384. The van der Waals surface area contributed by atoms with Crippen LogP contribution < -0.4 is 0 Å². The van der Waals surface area contributed by atoms with Crippen LogP contribution in [0.1, 0.15) is 0 Å². The lowest BCUT2D eigenvalue weighted by Gasteiger charge is -2.04. The molecule has 3 aromatic carbocycles. The summed E-state index contributed by atoms with van der Waals surface area (Å²) < 4.78 is 0. The zero-order chi connectivity index (χ0) is 16.4. The maximum atomic E-state index is 10.6. The molecule has 3 aromatic rings. The summed E-state index contributed by atoms with van der Waals surface area (Å²) in [5.41, 5.74) is 0.666. The Kier molecular flexibility index (Phi) is 3.60. The van der Waals surface area contributed by atoms with Crippen LogP contribution in [-0.2, 0) is 0 Å². The van der Waals surface area contributed by atoms with E-state index >= 15 is 0 Å². The number of benzene rings is 3. The van der Waals surface area contributed by atoms with Crippen LogP contribution in [0, 0.1) is 10.1 Å². The first kappa shape index (κ1) is 14.5. The van der Waals surface area contributed by atoms with Gasteiger partial charge in [-0.05, 0) is 41.8 Å².